The number of ether oxygens (including phenoxy) is 1. The van der Waals surface area contributed by atoms with Crippen molar-refractivity contribution in [1.29, 1.82) is 0 Å². The summed E-state index contributed by atoms with van der Waals surface area (Å²) in [6.07, 6.45) is 0. The molecular formula is C19H14F3N3O2. The fraction of sp³-hybridized carbons (Fsp3) is 0.105. The molecule has 0 bridgehead atoms. The van der Waals surface area contributed by atoms with Crippen LogP contribution >= 0.6 is 0 Å². The van der Waals surface area contributed by atoms with Gasteiger partial charge in [-0.15, -0.1) is 0 Å². The minimum atomic E-state index is -0.983. The Kier molecular flexibility index (Phi) is 5.07. The summed E-state index contributed by atoms with van der Waals surface area (Å²) >= 11 is 0. The molecule has 0 atom stereocenters. The van der Waals surface area contributed by atoms with Crippen LogP contribution in [0.5, 0.6) is 11.8 Å². The van der Waals surface area contributed by atoms with Crippen molar-refractivity contribution in [3.63, 3.8) is 0 Å². The monoisotopic (exact) mass is 373 g/mol. The number of nitrogens with one attached hydrogen (secondary N) is 1. The second-order valence-corrected chi connectivity index (χ2v) is 5.64. The van der Waals surface area contributed by atoms with Crippen LogP contribution in [-0.2, 0) is 0 Å². The zero-order valence-corrected chi connectivity index (χ0v) is 14.4. The number of halogens is 3. The van der Waals surface area contributed by atoms with Crippen molar-refractivity contribution in [2.45, 2.75) is 13.8 Å². The first-order valence-electron chi connectivity index (χ1n) is 7.90. The predicted octanol–water partition coefficient (Wildman–Crippen LogP) is 4.56. The van der Waals surface area contributed by atoms with Crippen LogP contribution in [0.4, 0.5) is 18.9 Å². The fourth-order valence-corrected chi connectivity index (χ4v) is 2.43. The van der Waals surface area contributed by atoms with Crippen molar-refractivity contribution in [2.24, 2.45) is 0 Å². The van der Waals surface area contributed by atoms with E-state index in [1.165, 1.54) is 18.2 Å². The maximum absolute atomic E-state index is 13.8. The Morgan fingerprint density at radius 3 is 2.04 bits per heavy atom. The standard InChI is InChI=1S/C19H14F3N3O2/c1-10-17(25-18(26)16-13(21)7-5-8-14(16)22)11(2)24-19(23-10)27-15-9-4-3-6-12(15)20/h3-9H,1-2H3,(H,25,26). The molecule has 5 nitrogen and oxygen atoms in total. The largest absolute Gasteiger partial charge is 0.421 e. The normalized spacial score (nSPS) is 10.6. The summed E-state index contributed by atoms with van der Waals surface area (Å²) in [6.45, 7) is 3.10. The van der Waals surface area contributed by atoms with E-state index in [-0.39, 0.29) is 17.4 Å². The van der Waals surface area contributed by atoms with Crippen molar-refractivity contribution < 1.29 is 22.7 Å². The molecule has 0 radical (unpaired) electrons. The second-order valence-electron chi connectivity index (χ2n) is 5.64. The average molecular weight is 373 g/mol. The summed E-state index contributed by atoms with van der Waals surface area (Å²) in [5.74, 6) is -3.57. The van der Waals surface area contributed by atoms with Gasteiger partial charge in [0.25, 0.3) is 5.91 Å². The number of aromatic nitrogens is 2. The third-order valence-corrected chi connectivity index (χ3v) is 3.72. The minimum absolute atomic E-state index is 0.0542. The molecule has 0 spiro atoms. The molecule has 27 heavy (non-hydrogen) atoms. The Morgan fingerprint density at radius 2 is 1.44 bits per heavy atom. The lowest BCUT2D eigenvalue weighted by Crippen LogP contribution is -2.18. The number of para-hydroxylation sites is 1. The Morgan fingerprint density at radius 1 is 0.889 bits per heavy atom. The van der Waals surface area contributed by atoms with E-state index in [4.69, 9.17) is 4.74 Å². The van der Waals surface area contributed by atoms with Gasteiger partial charge in [0.15, 0.2) is 11.6 Å². The van der Waals surface area contributed by atoms with E-state index in [0.717, 1.165) is 18.2 Å². The summed E-state index contributed by atoms with van der Waals surface area (Å²) in [6, 6.07) is 8.77. The van der Waals surface area contributed by atoms with E-state index in [2.05, 4.69) is 15.3 Å². The molecule has 1 aromatic heterocycles. The Balaban J connectivity index is 1.87. The molecule has 3 rings (SSSR count). The van der Waals surface area contributed by atoms with E-state index >= 15 is 0 Å². The van der Waals surface area contributed by atoms with Crippen LogP contribution in [0.25, 0.3) is 0 Å². The highest BCUT2D eigenvalue weighted by Gasteiger charge is 2.20. The van der Waals surface area contributed by atoms with Crippen LogP contribution in [0.3, 0.4) is 0 Å². The molecule has 1 amide bonds. The number of aryl methyl sites for hydroxylation is 2. The molecule has 0 aliphatic heterocycles. The van der Waals surface area contributed by atoms with E-state index in [1.807, 2.05) is 0 Å². The lowest BCUT2D eigenvalue weighted by Gasteiger charge is -2.13. The second kappa shape index (κ2) is 7.45. The number of benzene rings is 2. The van der Waals surface area contributed by atoms with Gasteiger partial charge in [-0.05, 0) is 38.1 Å². The molecule has 0 aliphatic carbocycles. The average Bonchev–Trinajstić information content (AvgIpc) is 2.60. The van der Waals surface area contributed by atoms with Crippen molar-refractivity contribution in [3.8, 4) is 11.8 Å². The van der Waals surface area contributed by atoms with Crippen LogP contribution in [-0.4, -0.2) is 15.9 Å². The number of hydrogen-bond donors (Lipinski definition) is 1. The lowest BCUT2D eigenvalue weighted by atomic mass is 10.1. The Hall–Kier alpha value is -3.42. The molecule has 0 saturated carbocycles. The molecule has 138 valence electrons. The number of amides is 1. The van der Waals surface area contributed by atoms with Gasteiger partial charge in [-0.25, -0.2) is 13.2 Å². The van der Waals surface area contributed by atoms with E-state index < -0.39 is 28.9 Å². The maximum Gasteiger partial charge on any atom is 0.322 e. The molecule has 3 aromatic rings. The van der Waals surface area contributed by atoms with Crippen molar-refractivity contribution in [1.82, 2.24) is 9.97 Å². The van der Waals surface area contributed by atoms with Crippen LogP contribution in [0.2, 0.25) is 0 Å². The first-order valence-corrected chi connectivity index (χ1v) is 7.90. The summed E-state index contributed by atoms with van der Waals surface area (Å²) in [5.41, 5.74) is 0.0596. The third-order valence-electron chi connectivity index (χ3n) is 3.72. The van der Waals surface area contributed by atoms with Gasteiger partial charge in [0.1, 0.15) is 17.2 Å². The topological polar surface area (TPSA) is 64.1 Å². The molecule has 0 unspecified atom stereocenters. The van der Waals surface area contributed by atoms with Crippen LogP contribution < -0.4 is 10.1 Å². The SMILES string of the molecule is Cc1nc(Oc2ccccc2F)nc(C)c1NC(=O)c1c(F)cccc1F. The number of carbonyl (C=O) groups is 1. The molecule has 0 fully saturated rings. The van der Waals surface area contributed by atoms with E-state index in [1.54, 1.807) is 19.9 Å². The Bertz CT molecular complexity index is 982. The summed E-state index contributed by atoms with van der Waals surface area (Å²) in [5, 5.41) is 2.41. The van der Waals surface area contributed by atoms with Gasteiger partial charge in [0.05, 0.1) is 17.1 Å². The van der Waals surface area contributed by atoms with Crippen LogP contribution in [0, 0.1) is 31.3 Å². The zero-order valence-electron chi connectivity index (χ0n) is 14.4. The van der Waals surface area contributed by atoms with Gasteiger partial charge in [0.2, 0.25) is 0 Å². The molecule has 2 aromatic carbocycles. The highest BCUT2D eigenvalue weighted by atomic mass is 19.1. The zero-order chi connectivity index (χ0) is 19.6. The number of carbonyl (C=O) groups excluding carboxylic acids is 1. The summed E-state index contributed by atoms with van der Waals surface area (Å²) in [7, 11) is 0. The molecule has 8 heteroatoms. The van der Waals surface area contributed by atoms with Crippen LogP contribution in [0.15, 0.2) is 42.5 Å². The number of nitrogens with zero attached hydrogens (tertiary/aromatic N) is 2. The first kappa shape index (κ1) is 18.4. The van der Waals surface area contributed by atoms with Gasteiger partial charge in [-0.1, -0.05) is 18.2 Å². The smallest absolute Gasteiger partial charge is 0.322 e. The summed E-state index contributed by atoms with van der Waals surface area (Å²) < 4.78 is 46.5. The van der Waals surface area contributed by atoms with Gasteiger partial charge >= 0.3 is 6.01 Å². The van der Waals surface area contributed by atoms with Crippen molar-refractivity contribution in [2.75, 3.05) is 5.32 Å². The molecule has 1 N–H and O–H groups in total. The van der Waals surface area contributed by atoms with E-state index in [0.29, 0.717) is 11.4 Å². The van der Waals surface area contributed by atoms with Gasteiger partial charge in [0, 0.05) is 0 Å². The molecule has 1 heterocycles. The summed E-state index contributed by atoms with van der Waals surface area (Å²) in [4.78, 5) is 20.4. The van der Waals surface area contributed by atoms with Gasteiger partial charge in [-0.2, -0.15) is 9.97 Å². The quantitative estimate of drug-likeness (QED) is 0.728. The van der Waals surface area contributed by atoms with Crippen LogP contribution in [0.1, 0.15) is 21.7 Å². The number of anilines is 1. The third kappa shape index (κ3) is 3.89. The first-order chi connectivity index (χ1) is 12.9. The fourth-order valence-electron chi connectivity index (χ4n) is 2.43. The Labute approximate surface area is 152 Å². The van der Waals surface area contributed by atoms with E-state index in [9.17, 15) is 18.0 Å². The van der Waals surface area contributed by atoms with Crippen molar-refractivity contribution in [3.05, 3.63) is 76.9 Å². The lowest BCUT2D eigenvalue weighted by molar-refractivity contribution is 0.101. The minimum Gasteiger partial charge on any atom is -0.421 e. The molecule has 0 aliphatic rings. The van der Waals surface area contributed by atoms with Gasteiger partial charge < -0.3 is 10.1 Å². The molecule has 0 saturated heterocycles. The highest BCUT2D eigenvalue weighted by Crippen LogP contribution is 2.26. The number of rotatable bonds is 4. The maximum atomic E-state index is 13.8. The number of hydrogen-bond acceptors (Lipinski definition) is 4. The van der Waals surface area contributed by atoms with Crippen molar-refractivity contribution >= 4 is 11.6 Å². The highest BCUT2D eigenvalue weighted by molar-refractivity contribution is 6.05. The predicted molar refractivity (Wildman–Crippen MR) is 92.3 cm³/mol. The molecular weight excluding hydrogens is 359 g/mol. The van der Waals surface area contributed by atoms with Gasteiger partial charge in [-0.3, -0.25) is 4.79 Å².